The third-order valence-corrected chi connectivity index (χ3v) is 4.18. The summed E-state index contributed by atoms with van der Waals surface area (Å²) >= 11 is 0. The molecule has 0 aromatic heterocycles. The third-order valence-electron chi connectivity index (χ3n) is 4.18. The van der Waals surface area contributed by atoms with Gasteiger partial charge in [0.1, 0.15) is 0 Å². The minimum atomic E-state index is -0.404. The van der Waals surface area contributed by atoms with E-state index in [1.54, 1.807) is 0 Å². The number of piperidine rings is 1. The van der Waals surface area contributed by atoms with E-state index < -0.39 is 5.41 Å². The van der Waals surface area contributed by atoms with Crippen LogP contribution >= 0.6 is 12.4 Å². The first-order chi connectivity index (χ1) is 8.19. The van der Waals surface area contributed by atoms with Crippen LogP contribution in [-0.2, 0) is 9.53 Å². The van der Waals surface area contributed by atoms with Crippen molar-refractivity contribution in [1.29, 1.82) is 0 Å². The number of hydrogen-bond acceptors (Lipinski definition) is 4. The SMILES string of the molecule is COC(=O)C(C)(C)CCN1CCC(N)C(C)(C)C1.Cl. The van der Waals surface area contributed by atoms with E-state index in [0.717, 1.165) is 32.5 Å². The highest BCUT2D eigenvalue weighted by molar-refractivity contribution is 5.85. The maximum atomic E-state index is 11.6. The maximum absolute atomic E-state index is 11.6. The summed E-state index contributed by atoms with van der Waals surface area (Å²) < 4.78 is 4.84. The Balaban J connectivity index is 0.00000324. The molecule has 0 saturated carbocycles. The van der Waals surface area contributed by atoms with Gasteiger partial charge in [0.05, 0.1) is 12.5 Å². The van der Waals surface area contributed by atoms with E-state index in [4.69, 9.17) is 10.5 Å². The summed E-state index contributed by atoms with van der Waals surface area (Å²) in [4.78, 5) is 14.0. The molecule has 0 radical (unpaired) electrons. The Morgan fingerprint density at radius 3 is 2.53 bits per heavy atom. The molecule has 1 aliphatic rings. The van der Waals surface area contributed by atoms with Gasteiger partial charge in [0.2, 0.25) is 0 Å². The fourth-order valence-electron chi connectivity index (χ4n) is 2.49. The molecule has 5 heteroatoms. The van der Waals surface area contributed by atoms with Crippen LogP contribution in [0.4, 0.5) is 0 Å². The first kappa shape index (κ1) is 18.7. The van der Waals surface area contributed by atoms with Crippen molar-refractivity contribution in [3.63, 3.8) is 0 Å². The molecule has 0 amide bonds. The molecular formula is C14H29ClN2O2. The predicted octanol–water partition coefficient (Wildman–Crippen LogP) is 2.06. The number of nitrogens with two attached hydrogens (primary N) is 1. The van der Waals surface area contributed by atoms with Gasteiger partial charge in [0.25, 0.3) is 0 Å². The number of ether oxygens (including phenoxy) is 1. The topological polar surface area (TPSA) is 55.6 Å². The molecule has 19 heavy (non-hydrogen) atoms. The number of esters is 1. The van der Waals surface area contributed by atoms with Crippen molar-refractivity contribution in [3.05, 3.63) is 0 Å². The number of hydrogen-bond donors (Lipinski definition) is 1. The third kappa shape index (κ3) is 4.93. The van der Waals surface area contributed by atoms with E-state index in [1.807, 2.05) is 13.8 Å². The minimum Gasteiger partial charge on any atom is -0.469 e. The molecule has 0 spiro atoms. The Hall–Kier alpha value is -0.320. The summed E-state index contributed by atoms with van der Waals surface area (Å²) in [6.45, 7) is 11.3. The van der Waals surface area contributed by atoms with E-state index in [1.165, 1.54) is 7.11 Å². The average molecular weight is 293 g/mol. The number of halogens is 1. The number of carbonyl (C=O) groups excluding carboxylic acids is 1. The monoisotopic (exact) mass is 292 g/mol. The van der Waals surface area contributed by atoms with E-state index in [0.29, 0.717) is 0 Å². The van der Waals surface area contributed by atoms with Gasteiger partial charge in [-0.2, -0.15) is 0 Å². The number of rotatable bonds is 4. The molecule has 1 atom stereocenters. The van der Waals surface area contributed by atoms with Crippen LogP contribution in [0.5, 0.6) is 0 Å². The zero-order valence-corrected chi connectivity index (χ0v) is 13.7. The molecule has 1 unspecified atom stereocenters. The Morgan fingerprint density at radius 1 is 1.47 bits per heavy atom. The smallest absolute Gasteiger partial charge is 0.311 e. The molecule has 0 aromatic rings. The van der Waals surface area contributed by atoms with Crippen molar-refractivity contribution < 1.29 is 9.53 Å². The largest absolute Gasteiger partial charge is 0.469 e. The van der Waals surface area contributed by atoms with Crippen molar-refractivity contribution >= 4 is 18.4 Å². The van der Waals surface area contributed by atoms with Crippen LogP contribution in [0.15, 0.2) is 0 Å². The predicted molar refractivity (Wildman–Crippen MR) is 80.5 cm³/mol. The van der Waals surface area contributed by atoms with Crippen LogP contribution in [0.3, 0.4) is 0 Å². The van der Waals surface area contributed by atoms with Crippen LogP contribution in [0.1, 0.15) is 40.5 Å². The fourth-order valence-corrected chi connectivity index (χ4v) is 2.49. The first-order valence-corrected chi connectivity index (χ1v) is 6.75. The molecule has 2 N–H and O–H groups in total. The minimum absolute atomic E-state index is 0. The molecule has 1 saturated heterocycles. The van der Waals surface area contributed by atoms with Gasteiger partial charge in [-0.1, -0.05) is 13.8 Å². The van der Waals surface area contributed by atoms with Gasteiger partial charge in [-0.15, -0.1) is 12.4 Å². The van der Waals surface area contributed by atoms with Gasteiger partial charge < -0.3 is 15.4 Å². The highest BCUT2D eigenvalue weighted by Gasteiger charge is 2.35. The normalized spacial score (nSPS) is 23.6. The van der Waals surface area contributed by atoms with Crippen LogP contribution in [0.25, 0.3) is 0 Å². The Kier molecular flexibility index (Phi) is 6.79. The zero-order valence-electron chi connectivity index (χ0n) is 12.9. The molecule has 1 rings (SSSR count). The quantitative estimate of drug-likeness (QED) is 0.806. The van der Waals surface area contributed by atoms with Gasteiger partial charge in [-0.25, -0.2) is 0 Å². The highest BCUT2D eigenvalue weighted by atomic mass is 35.5. The van der Waals surface area contributed by atoms with Crippen molar-refractivity contribution in [2.75, 3.05) is 26.7 Å². The van der Waals surface area contributed by atoms with Crippen molar-refractivity contribution in [2.24, 2.45) is 16.6 Å². The fraction of sp³-hybridized carbons (Fsp3) is 0.929. The van der Waals surface area contributed by atoms with E-state index in [2.05, 4.69) is 18.7 Å². The van der Waals surface area contributed by atoms with Crippen molar-refractivity contribution in [1.82, 2.24) is 4.90 Å². The molecule has 0 aliphatic carbocycles. The lowest BCUT2D eigenvalue weighted by Crippen LogP contribution is -2.52. The average Bonchev–Trinajstić information content (AvgIpc) is 2.29. The summed E-state index contributed by atoms with van der Waals surface area (Å²) in [6.07, 6.45) is 1.86. The zero-order chi connectivity index (χ0) is 14.0. The van der Waals surface area contributed by atoms with Crippen molar-refractivity contribution in [3.8, 4) is 0 Å². The molecular weight excluding hydrogens is 264 g/mol. The lowest BCUT2D eigenvalue weighted by atomic mass is 9.79. The molecule has 114 valence electrons. The summed E-state index contributed by atoms with van der Waals surface area (Å²) in [5.74, 6) is -0.129. The van der Waals surface area contributed by atoms with Crippen LogP contribution < -0.4 is 5.73 Å². The Morgan fingerprint density at radius 2 is 2.05 bits per heavy atom. The lowest BCUT2D eigenvalue weighted by molar-refractivity contribution is -0.151. The van der Waals surface area contributed by atoms with E-state index >= 15 is 0 Å². The van der Waals surface area contributed by atoms with Crippen LogP contribution in [0, 0.1) is 10.8 Å². The van der Waals surface area contributed by atoms with Gasteiger partial charge in [0, 0.05) is 12.6 Å². The van der Waals surface area contributed by atoms with E-state index in [-0.39, 0.29) is 29.8 Å². The Bertz CT molecular complexity index is 306. The molecule has 1 heterocycles. The number of nitrogens with zero attached hydrogens (tertiary/aromatic N) is 1. The second-order valence-corrected chi connectivity index (χ2v) is 6.79. The summed E-state index contributed by atoms with van der Waals surface area (Å²) in [7, 11) is 1.45. The van der Waals surface area contributed by atoms with Crippen LogP contribution in [-0.4, -0.2) is 43.7 Å². The molecule has 0 bridgehead atoms. The number of carbonyl (C=O) groups is 1. The second-order valence-electron chi connectivity index (χ2n) is 6.79. The Labute approximate surface area is 123 Å². The highest BCUT2D eigenvalue weighted by Crippen LogP contribution is 2.29. The summed E-state index contributed by atoms with van der Waals surface area (Å²) in [5.41, 5.74) is 5.88. The van der Waals surface area contributed by atoms with Gasteiger partial charge in [-0.05, 0) is 45.2 Å². The van der Waals surface area contributed by atoms with Crippen LogP contribution in [0.2, 0.25) is 0 Å². The van der Waals surface area contributed by atoms with Gasteiger partial charge in [0.15, 0.2) is 0 Å². The first-order valence-electron chi connectivity index (χ1n) is 6.75. The molecule has 1 aliphatic heterocycles. The van der Waals surface area contributed by atoms with Gasteiger partial charge >= 0.3 is 5.97 Å². The number of likely N-dealkylation sites (tertiary alicyclic amines) is 1. The summed E-state index contributed by atoms with van der Waals surface area (Å²) in [5, 5.41) is 0. The maximum Gasteiger partial charge on any atom is 0.311 e. The molecule has 0 aromatic carbocycles. The van der Waals surface area contributed by atoms with Crippen molar-refractivity contribution in [2.45, 2.75) is 46.6 Å². The lowest BCUT2D eigenvalue weighted by Gasteiger charge is -2.43. The standard InChI is InChI=1S/C14H28N2O2.ClH/c1-13(2,12(17)18-5)7-9-16-8-6-11(15)14(3,4)10-16;/h11H,6-10,15H2,1-5H3;1H. The second kappa shape index (κ2) is 6.91. The molecule has 4 nitrogen and oxygen atoms in total. The molecule has 1 fully saturated rings. The van der Waals surface area contributed by atoms with E-state index in [9.17, 15) is 4.79 Å². The van der Waals surface area contributed by atoms with Gasteiger partial charge in [-0.3, -0.25) is 4.79 Å². The number of methoxy groups -OCH3 is 1. The summed E-state index contributed by atoms with van der Waals surface area (Å²) in [6, 6.07) is 0.280.